The summed E-state index contributed by atoms with van der Waals surface area (Å²) >= 11 is 0. The number of aryl methyl sites for hydroxylation is 1. The number of aromatic nitrogens is 2. The van der Waals surface area contributed by atoms with Gasteiger partial charge in [0.25, 0.3) is 5.91 Å². The van der Waals surface area contributed by atoms with Crippen molar-refractivity contribution < 1.29 is 4.79 Å². The van der Waals surface area contributed by atoms with Gasteiger partial charge in [-0.25, -0.2) is 0 Å². The molecule has 2 N–H and O–H groups in total. The van der Waals surface area contributed by atoms with Crippen molar-refractivity contribution in [1.82, 2.24) is 14.7 Å². The lowest BCUT2D eigenvalue weighted by Crippen LogP contribution is -2.42. The van der Waals surface area contributed by atoms with Crippen molar-refractivity contribution in [3.8, 4) is 0 Å². The molecule has 0 atom stereocenters. The standard InChI is InChI=1S/C11H18N4O/c1-2-15-8-9(7-13-15)11(16)14-5-3-10(12)4-6-14/h7-8,10H,2-6,12H2,1H3. The van der Waals surface area contributed by atoms with Gasteiger partial charge in [-0.05, 0) is 19.8 Å². The second-order valence-electron chi connectivity index (χ2n) is 4.21. The van der Waals surface area contributed by atoms with Crippen molar-refractivity contribution in [3.05, 3.63) is 18.0 Å². The average molecular weight is 222 g/mol. The van der Waals surface area contributed by atoms with Gasteiger partial charge in [-0.2, -0.15) is 5.10 Å². The van der Waals surface area contributed by atoms with Gasteiger partial charge in [0.15, 0.2) is 0 Å². The molecule has 0 aliphatic carbocycles. The number of likely N-dealkylation sites (tertiary alicyclic amines) is 1. The molecule has 0 aromatic carbocycles. The van der Waals surface area contributed by atoms with E-state index < -0.39 is 0 Å². The molecule has 1 aromatic heterocycles. The van der Waals surface area contributed by atoms with E-state index in [1.165, 1.54) is 0 Å². The van der Waals surface area contributed by atoms with Crippen LogP contribution in [0.3, 0.4) is 0 Å². The topological polar surface area (TPSA) is 64.2 Å². The molecular weight excluding hydrogens is 204 g/mol. The molecule has 1 saturated heterocycles. The molecule has 88 valence electrons. The minimum absolute atomic E-state index is 0.0756. The Morgan fingerprint density at radius 1 is 1.56 bits per heavy atom. The Labute approximate surface area is 95.2 Å². The fourth-order valence-electron chi connectivity index (χ4n) is 1.93. The molecular formula is C11H18N4O. The Bertz CT molecular complexity index is 366. The van der Waals surface area contributed by atoms with Crippen LogP contribution < -0.4 is 5.73 Å². The van der Waals surface area contributed by atoms with Crippen LogP contribution >= 0.6 is 0 Å². The number of carbonyl (C=O) groups is 1. The summed E-state index contributed by atoms with van der Waals surface area (Å²) in [6.07, 6.45) is 5.23. The largest absolute Gasteiger partial charge is 0.338 e. The van der Waals surface area contributed by atoms with Crippen molar-refractivity contribution in [2.45, 2.75) is 32.4 Å². The van der Waals surface area contributed by atoms with Crippen LogP contribution in [0.5, 0.6) is 0 Å². The van der Waals surface area contributed by atoms with Crippen LogP contribution in [0.1, 0.15) is 30.1 Å². The molecule has 0 spiro atoms. The molecule has 0 bridgehead atoms. The van der Waals surface area contributed by atoms with E-state index in [4.69, 9.17) is 5.73 Å². The van der Waals surface area contributed by atoms with E-state index in [-0.39, 0.29) is 11.9 Å². The Kier molecular flexibility index (Phi) is 3.24. The normalized spacial score (nSPS) is 17.8. The zero-order valence-electron chi connectivity index (χ0n) is 9.59. The lowest BCUT2D eigenvalue weighted by atomic mass is 10.1. The molecule has 1 fully saturated rings. The molecule has 16 heavy (non-hydrogen) atoms. The van der Waals surface area contributed by atoms with Crippen molar-refractivity contribution in [2.75, 3.05) is 13.1 Å². The van der Waals surface area contributed by atoms with E-state index in [2.05, 4.69) is 5.10 Å². The fraction of sp³-hybridized carbons (Fsp3) is 0.636. The third-order valence-corrected chi connectivity index (χ3v) is 3.03. The summed E-state index contributed by atoms with van der Waals surface area (Å²) in [5, 5.41) is 4.11. The van der Waals surface area contributed by atoms with Gasteiger partial charge in [-0.3, -0.25) is 9.48 Å². The summed E-state index contributed by atoms with van der Waals surface area (Å²) in [5.41, 5.74) is 6.49. The first-order chi connectivity index (χ1) is 7.70. The van der Waals surface area contributed by atoms with E-state index in [1.807, 2.05) is 11.8 Å². The first-order valence-corrected chi connectivity index (χ1v) is 5.78. The van der Waals surface area contributed by atoms with Crippen LogP contribution in [0, 0.1) is 0 Å². The van der Waals surface area contributed by atoms with E-state index in [9.17, 15) is 4.79 Å². The van der Waals surface area contributed by atoms with Gasteiger partial charge in [-0.1, -0.05) is 0 Å². The van der Waals surface area contributed by atoms with Crippen LogP contribution in [0.2, 0.25) is 0 Å². The maximum absolute atomic E-state index is 12.1. The van der Waals surface area contributed by atoms with Gasteiger partial charge in [0.2, 0.25) is 0 Å². The third kappa shape index (κ3) is 2.24. The number of hydrogen-bond donors (Lipinski definition) is 1. The first-order valence-electron chi connectivity index (χ1n) is 5.78. The predicted octanol–water partition coefficient (Wildman–Crippen LogP) is 0.466. The number of nitrogens with two attached hydrogens (primary N) is 1. The van der Waals surface area contributed by atoms with E-state index in [0.29, 0.717) is 5.56 Å². The van der Waals surface area contributed by atoms with Gasteiger partial charge in [0.1, 0.15) is 0 Å². The van der Waals surface area contributed by atoms with Gasteiger partial charge in [-0.15, -0.1) is 0 Å². The Balaban J connectivity index is 2.01. The molecule has 1 aliphatic rings. The SMILES string of the molecule is CCn1cc(C(=O)N2CCC(N)CC2)cn1. The molecule has 5 heteroatoms. The maximum Gasteiger partial charge on any atom is 0.257 e. The number of carbonyl (C=O) groups excluding carboxylic acids is 1. The molecule has 2 rings (SSSR count). The van der Waals surface area contributed by atoms with Gasteiger partial charge in [0, 0.05) is 31.9 Å². The number of nitrogens with zero attached hydrogens (tertiary/aromatic N) is 3. The summed E-state index contributed by atoms with van der Waals surface area (Å²) in [6, 6.07) is 0.252. The van der Waals surface area contributed by atoms with E-state index >= 15 is 0 Å². The Morgan fingerprint density at radius 3 is 2.81 bits per heavy atom. The molecule has 0 radical (unpaired) electrons. The second kappa shape index (κ2) is 4.65. The second-order valence-corrected chi connectivity index (χ2v) is 4.21. The molecule has 0 unspecified atom stereocenters. The fourth-order valence-corrected chi connectivity index (χ4v) is 1.93. The summed E-state index contributed by atoms with van der Waals surface area (Å²) in [4.78, 5) is 13.9. The van der Waals surface area contributed by atoms with Crippen LogP contribution in [0.4, 0.5) is 0 Å². The highest BCUT2D eigenvalue weighted by Gasteiger charge is 2.22. The van der Waals surface area contributed by atoms with Crippen LogP contribution in [-0.2, 0) is 6.54 Å². The van der Waals surface area contributed by atoms with E-state index in [0.717, 1.165) is 32.5 Å². The van der Waals surface area contributed by atoms with Gasteiger partial charge >= 0.3 is 0 Å². The van der Waals surface area contributed by atoms with Crippen molar-refractivity contribution >= 4 is 5.91 Å². The van der Waals surface area contributed by atoms with Gasteiger partial charge in [0.05, 0.1) is 11.8 Å². The number of hydrogen-bond acceptors (Lipinski definition) is 3. The number of piperidine rings is 1. The summed E-state index contributed by atoms with van der Waals surface area (Å²) in [6.45, 7) is 4.31. The highest BCUT2D eigenvalue weighted by molar-refractivity contribution is 5.93. The zero-order valence-corrected chi connectivity index (χ0v) is 9.59. The maximum atomic E-state index is 12.1. The van der Waals surface area contributed by atoms with Gasteiger partial charge < -0.3 is 10.6 Å². The minimum atomic E-state index is 0.0756. The smallest absolute Gasteiger partial charge is 0.257 e. The predicted molar refractivity (Wildman–Crippen MR) is 61.0 cm³/mol. The van der Waals surface area contributed by atoms with Crippen LogP contribution in [0.15, 0.2) is 12.4 Å². The lowest BCUT2D eigenvalue weighted by Gasteiger charge is -2.29. The van der Waals surface area contributed by atoms with E-state index in [1.54, 1.807) is 17.1 Å². The molecule has 1 amide bonds. The molecule has 2 heterocycles. The van der Waals surface area contributed by atoms with Crippen molar-refractivity contribution in [3.63, 3.8) is 0 Å². The lowest BCUT2D eigenvalue weighted by molar-refractivity contribution is 0.0714. The third-order valence-electron chi connectivity index (χ3n) is 3.03. The molecule has 1 aliphatic heterocycles. The molecule has 5 nitrogen and oxygen atoms in total. The summed E-state index contributed by atoms with van der Waals surface area (Å²) in [7, 11) is 0. The molecule has 1 aromatic rings. The zero-order chi connectivity index (χ0) is 11.5. The summed E-state index contributed by atoms with van der Waals surface area (Å²) < 4.78 is 1.77. The highest BCUT2D eigenvalue weighted by atomic mass is 16.2. The Morgan fingerprint density at radius 2 is 2.25 bits per heavy atom. The van der Waals surface area contributed by atoms with Crippen LogP contribution in [-0.4, -0.2) is 39.7 Å². The monoisotopic (exact) mass is 222 g/mol. The van der Waals surface area contributed by atoms with Crippen molar-refractivity contribution in [1.29, 1.82) is 0 Å². The minimum Gasteiger partial charge on any atom is -0.338 e. The summed E-state index contributed by atoms with van der Waals surface area (Å²) in [5.74, 6) is 0.0756. The van der Waals surface area contributed by atoms with Crippen LogP contribution in [0.25, 0.3) is 0 Å². The van der Waals surface area contributed by atoms with Crippen molar-refractivity contribution in [2.24, 2.45) is 5.73 Å². The average Bonchev–Trinajstić information content (AvgIpc) is 2.77. The Hall–Kier alpha value is -1.36. The highest BCUT2D eigenvalue weighted by Crippen LogP contribution is 2.12. The number of amides is 1. The first kappa shape index (κ1) is 11.1. The molecule has 0 saturated carbocycles. The quantitative estimate of drug-likeness (QED) is 0.791. The number of rotatable bonds is 2.